The van der Waals surface area contributed by atoms with Crippen molar-refractivity contribution in [2.24, 2.45) is 0 Å². The maximum atomic E-state index is 13.0. The Labute approximate surface area is 172 Å². The van der Waals surface area contributed by atoms with E-state index in [1.807, 2.05) is 50.1 Å². The Morgan fingerprint density at radius 1 is 1.07 bits per heavy atom. The summed E-state index contributed by atoms with van der Waals surface area (Å²) in [7, 11) is 3.51. The number of hydrogen-bond donors (Lipinski definition) is 1. The molecule has 1 unspecified atom stereocenters. The number of hydrogen-bond acceptors (Lipinski definition) is 3. The second-order valence-electron chi connectivity index (χ2n) is 7.29. The summed E-state index contributed by atoms with van der Waals surface area (Å²) in [5, 5.41) is 2.89. The zero-order valence-corrected chi connectivity index (χ0v) is 17.6. The fourth-order valence-corrected chi connectivity index (χ4v) is 3.09. The van der Waals surface area contributed by atoms with Crippen molar-refractivity contribution < 1.29 is 14.0 Å². The number of halogens is 1. The molecule has 2 rings (SSSR count). The highest BCUT2D eigenvalue weighted by molar-refractivity contribution is 5.95. The van der Waals surface area contributed by atoms with Gasteiger partial charge in [-0.05, 0) is 56.1 Å². The third-order valence-electron chi connectivity index (χ3n) is 5.11. The number of para-hydroxylation sites is 1. The number of nitrogens with one attached hydrogen (secondary N) is 1. The third-order valence-corrected chi connectivity index (χ3v) is 5.11. The summed E-state index contributed by atoms with van der Waals surface area (Å²) in [6.45, 7) is 4.51. The minimum atomic E-state index is -0.365. The predicted octanol–water partition coefficient (Wildman–Crippen LogP) is 3.35. The van der Waals surface area contributed by atoms with E-state index in [1.165, 1.54) is 17.0 Å². The van der Waals surface area contributed by atoms with Crippen molar-refractivity contribution in [2.75, 3.05) is 32.5 Å². The van der Waals surface area contributed by atoms with Crippen molar-refractivity contribution in [3.8, 4) is 0 Å². The molecular formula is C23H30FN3O2. The van der Waals surface area contributed by atoms with E-state index < -0.39 is 0 Å². The Morgan fingerprint density at radius 3 is 2.38 bits per heavy atom. The van der Waals surface area contributed by atoms with Gasteiger partial charge < -0.3 is 10.2 Å². The van der Waals surface area contributed by atoms with Gasteiger partial charge in [-0.1, -0.05) is 37.3 Å². The highest BCUT2D eigenvalue weighted by atomic mass is 19.1. The molecule has 0 aliphatic carbocycles. The van der Waals surface area contributed by atoms with Crippen LogP contribution in [0.25, 0.3) is 0 Å². The number of amides is 2. The van der Waals surface area contributed by atoms with Gasteiger partial charge in [0, 0.05) is 19.3 Å². The molecule has 29 heavy (non-hydrogen) atoms. The van der Waals surface area contributed by atoms with Crippen LogP contribution in [0.2, 0.25) is 0 Å². The van der Waals surface area contributed by atoms with Gasteiger partial charge in [0.05, 0.1) is 12.6 Å². The van der Waals surface area contributed by atoms with Crippen LogP contribution in [0.4, 0.5) is 10.1 Å². The first-order valence-corrected chi connectivity index (χ1v) is 9.89. The molecule has 0 aromatic heterocycles. The van der Waals surface area contributed by atoms with Crippen molar-refractivity contribution in [3.05, 3.63) is 65.5 Å². The molecule has 0 spiro atoms. The Bertz CT molecular complexity index is 823. The first-order valence-electron chi connectivity index (χ1n) is 9.89. The summed E-state index contributed by atoms with van der Waals surface area (Å²) in [4.78, 5) is 28.5. The first kappa shape index (κ1) is 22.6. The van der Waals surface area contributed by atoms with Crippen LogP contribution >= 0.6 is 0 Å². The standard InChI is InChI=1S/C23H30FN3O2/c1-5-19-8-6-7-9-21(19)25-22(28)16-27(4)23(29)17(2)26(3)15-14-18-10-12-20(24)13-11-18/h6-13,17H,5,14-16H2,1-4H3,(H,25,28). The summed E-state index contributed by atoms with van der Waals surface area (Å²) >= 11 is 0. The summed E-state index contributed by atoms with van der Waals surface area (Å²) in [5.74, 6) is -0.597. The zero-order valence-electron chi connectivity index (χ0n) is 17.6. The molecule has 0 saturated carbocycles. The Hall–Kier alpha value is -2.73. The summed E-state index contributed by atoms with van der Waals surface area (Å²) in [6.07, 6.45) is 1.54. The number of carbonyl (C=O) groups is 2. The monoisotopic (exact) mass is 399 g/mol. The fraction of sp³-hybridized carbons (Fsp3) is 0.391. The van der Waals surface area contributed by atoms with Crippen LogP contribution in [0.1, 0.15) is 25.0 Å². The van der Waals surface area contributed by atoms with Gasteiger partial charge in [-0.2, -0.15) is 0 Å². The smallest absolute Gasteiger partial charge is 0.243 e. The first-order chi connectivity index (χ1) is 13.8. The van der Waals surface area contributed by atoms with Crippen LogP contribution in [-0.4, -0.2) is 54.8 Å². The SMILES string of the molecule is CCc1ccccc1NC(=O)CN(C)C(=O)C(C)N(C)CCc1ccc(F)cc1. The van der Waals surface area contributed by atoms with Crippen LogP contribution in [0.15, 0.2) is 48.5 Å². The molecular weight excluding hydrogens is 369 g/mol. The van der Waals surface area contributed by atoms with Crippen LogP contribution in [0.5, 0.6) is 0 Å². The summed E-state index contributed by atoms with van der Waals surface area (Å²) < 4.78 is 13.0. The normalized spacial score (nSPS) is 11.9. The molecule has 156 valence electrons. The Morgan fingerprint density at radius 2 is 1.72 bits per heavy atom. The molecule has 0 fully saturated rings. The average Bonchev–Trinajstić information content (AvgIpc) is 2.72. The van der Waals surface area contributed by atoms with Gasteiger partial charge >= 0.3 is 0 Å². The maximum absolute atomic E-state index is 13.0. The van der Waals surface area contributed by atoms with E-state index >= 15 is 0 Å². The lowest BCUT2D eigenvalue weighted by Gasteiger charge is -2.28. The van der Waals surface area contributed by atoms with E-state index in [1.54, 1.807) is 19.2 Å². The molecule has 6 heteroatoms. The second-order valence-corrected chi connectivity index (χ2v) is 7.29. The van der Waals surface area contributed by atoms with Crippen LogP contribution in [-0.2, 0) is 22.4 Å². The molecule has 2 aromatic rings. The number of nitrogens with zero attached hydrogens (tertiary/aromatic N) is 2. The lowest BCUT2D eigenvalue weighted by molar-refractivity contribution is -0.137. The van der Waals surface area contributed by atoms with E-state index in [2.05, 4.69) is 5.32 Å². The zero-order chi connectivity index (χ0) is 21.4. The number of anilines is 1. The highest BCUT2D eigenvalue weighted by Gasteiger charge is 2.23. The van der Waals surface area contributed by atoms with Crippen molar-refractivity contribution in [1.29, 1.82) is 0 Å². The van der Waals surface area contributed by atoms with Crippen LogP contribution in [0.3, 0.4) is 0 Å². The third kappa shape index (κ3) is 6.68. The minimum Gasteiger partial charge on any atom is -0.335 e. The van der Waals surface area contributed by atoms with Gasteiger partial charge in [-0.25, -0.2) is 4.39 Å². The van der Waals surface area contributed by atoms with Gasteiger partial charge in [0.25, 0.3) is 0 Å². The summed E-state index contributed by atoms with van der Waals surface area (Å²) in [6, 6.07) is 13.7. The maximum Gasteiger partial charge on any atom is 0.243 e. The van der Waals surface area contributed by atoms with Crippen molar-refractivity contribution in [2.45, 2.75) is 32.7 Å². The largest absolute Gasteiger partial charge is 0.335 e. The van der Waals surface area contributed by atoms with Crippen LogP contribution in [0, 0.1) is 5.82 Å². The Kier molecular flexibility index (Phi) is 8.34. The van der Waals surface area contributed by atoms with E-state index in [0.717, 1.165) is 23.2 Å². The Balaban J connectivity index is 1.85. The van der Waals surface area contributed by atoms with Crippen LogP contribution < -0.4 is 5.32 Å². The van der Waals surface area contributed by atoms with Gasteiger partial charge in [-0.3, -0.25) is 14.5 Å². The molecule has 5 nitrogen and oxygen atoms in total. The van der Waals surface area contributed by atoms with Gasteiger partial charge in [0.15, 0.2) is 0 Å². The molecule has 0 radical (unpaired) electrons. The van der Waals surface area contributed by atoms with Crippen molar-refractivity contribution in [3.63, 3.8) is 0 Å². The number of benzene rings is 2. The topological polar surface area (TPSA) is 52.7 Å². The van der Waals surface area contributed by atoms with E-state index in [-0.39, 0.29) is 30.2 Å². The molecule has 0 aliphatic heterocycles. The van der Waals surface area contributed by atoms with Gasteiger partial charge in [-0.15, -0.1) is 0 Å². The molecule has 2 amide bonds. The van der Waals surface area contributed by atoms with Crippen molar-refractivity contribution >= 4 is 17.5 Å². The second kappa shape index (κ2) is 10.7. The van der Waals surface area contributed by atoms with Crippen molar-refractivity contribution in [1.82, 2.24) is 9.80 Å². The fourth-order valence-electron chi connectivity index (χ4n) is 3.09. The quantitative estimate of drug-likeness (QED) is 0.704. The lowest BCUT2D eigenvalue weighted by atomic mass is 10.1. The highest BCUT2D eigenvalue weighted by Crippen LogP contribution is 2.15. The molecule has 2 aromatic carbocycles. The summed E-state index contributed by atoms with van der Waals surface area (Å²) in [5.41, 5.74) is 2.86. The van der Waals surface area contributed by atoms with Gasteiger partial charge in [0.2, 0.25) is 11.8 Å². The van der Waals surface area contributed by atoms with E-state index in [4.69, 9.17) is 0 Å². The van der Waals surface area contributed by atoms with Gasteiger partial charge in [0.1, 0.15) is 5.82 Å². The molecule has 1 N–H and O–H groups in total. The number of aryl methyl sites for hydroxylation is 1. The molecule has 0 heterocycles. The molecule has 1 atom stereocenters. The number of likely N-dealkylation sites (N-methyl/N-ethyl adjacent to an activating group) is 2. The van der Waals surface area contributed by atoms with E-state index in [0.29, 0.717) is 13.0 Å². The molecule has 0 saturated heterocycles. The van der Waals surface area contributed by atoms with E-state index in [9.17, 15) is 14.0 Å². The number of rotatable bonds is 9. The number of carbonyl (C=O) groups excluding carboxylic acids is 2. The minimum absolute atomic E-state index is 0.00692. The predicted molar refractivity (Wildman–Crippen MR) is 114 cm³/mol. The molecule has 0 bridgehead atoms. The molecule has 0 aliphatic rings. The average molecular weight is 400 g/mol. The lowest BCUT2D eigenvalue weighted by Crippen LogP contribution is -2.46.